The number of para-hydroxylation sites is 2. The molecule has 1 heterocycles. The van der Waals surface area contributed by atoms with Gasteiger partial charge in [-0.25, -0.2) is 4.98 Å². The molecule has 0 aliphatic carbocycles. The third-order valence-corrected chi connectivity index (χ3v) is 4.14. The number of nitro groups is 1. The van der Waals surface area contributed by atoms with E-state index in [0.29, 0.717) is 12.3 Å². The first kappa shape index (κ1) is 18.4. The molecule has 1 aromatic heterocycles. The van der Waals surface area contributed by atoms with Gasteiger partial charge >= 0.3 is 0 Å². The number of aromatic nitrogens is 2. The van der Waals surface area contributed by atoms with Crippen molar-refractivity contribution in [3.63, 3.8) is 0 Å². The summed E-state index contributed by atoms with van der Waals surface area (Å²) in [6, 6.07) is 13.6. The number of hydrogen-bond donors (Lipinski definition) is 1. The molecule has 3 aromatic rings. The van der Waals surface area contributed by atoms with E-state index < -0.39 is 4.92 Å². The van der Waals surface area contributed by atoms with E-state index in [2.05, 4.69) is 14.9 Å². The summed E-state index contributed by atoms with van der Waals surface area (Å²) in [5, 5.41) is 13.4. The summed E-state index contributed by atoms with van der Waals surface area (Å²) in [5.74, 6) is 1.13. The number of nitrogens with zero attached hydrogens (tertiary/aromatic N) is 3. The van der Waals surface area contributed by atoms with E-state index in [4.69, 9.17) is 4.74 Å². The number of nitro benzene ring substituents is 1. The molecule has 8 heteroatoms. The number of fused-ring (bicyclic) bond motifs is 1. The van der Waals surface area contributed by atoms with Crippen LogP contribution in [0.25, 0.3) is 11.0 Å². The number of aryl methyl sites for hydroxylation is 2. The fourth-order valence-corrected chi connectivity index (χ4v) is 2.81. The van der Waals surface area contributed by atoms with Gasteiger partial charge in [0.05, 0.1) is 16.0 Å². The predicted octanol–water partition coefficient (Wildman–Crippen LogP) is 2.84. The van der Waals surface area contributed by atoms with Crippen LogP contribution in [0.2, 0.25) is 0 Å². The van der Waals surface area contributed by atoms with Crippen LogP contribution in [0.3, 0.4) is 0 Å². The van der Waals surface area contributed by atoms with Gasteiger partial charge in [-0.2, -0.15) is 0 Å². The van der Waals surface area contributed by atoms with E-state index in [-0.39, 0.29) is 18.2 Å². The van der Waals surface area contributed by atoms with Gasteiger partial charge in [-0.15, -0.1) is 0 Å². The van der Waals surface area contributed by atoms with Gasteiger partial charge in [0.15, 0.2) is 6.61 Å². The lowest BCUT2D eigenvalue weighted by molar-refractivity contribution is -0.384. The van der Waals surface area contributed by atoms with Gasteiger partial charge in [0.2, 0.25) is 0 Å². The Morgan fingerprint density at radius 2 is 1.96 bits per heavy atom. The first-order chi connectivity index (χ1) is 13.0. The van der Waals surface area contributed by atoms with E-state index in [1.54, 1.807) is 0 Å². The van der Waals surface area contributed by atoms with Gasteiger partial charge in [0.1, 0.15) is 11.6 Å². The van der Waals surface area contributed by atoms with Crippen LogP contribution in [-0.2, 0) is 11.3 Å². The Bertz CT molecular complexity index is 950. The molecule has 0 aliphatic rings. The Labute approximate surface area is 155 Å². The number of amides is 1. The van der Waals surface area contributed by atoms with Crippen LogP contribution in [0, 0.1) is 17.0 Å². The average Bonchev–Trinajstić information content (AvgIpc) is 2.99. The summed E-state index contributed by atoms with van der Waals surface area (Å²) in [6.45, 7) is 3.12. The lowest BCUT2D eigenvalue weighted by Crippen LogP contribution is -2.30. The SMILES string of the molecule is Cc1nc2ccccc2n1CCCNC(=O)COc1ccc([N+](=O)[O-])cc1. The van der Waals surface area contributed by atoms with E-state index in [9.17, 15) is 14.9 Å². The summed E-state index contributed by atoms with van der Waals surface area (Å²) in [4.78, 5) is 26.5. The molecule has 27 heavy (non-hydrogen) atoms. The molecule has 0 fully saturated rings. The Hall–Kier alpha value is -3.42. The molecule has 0 unspecified atom stereocenters. The lowest BCUT2D eigenvalue weighted by Gasteiger charge is -2.09. The van der Waals surface area contributed by atoms with Crippen molar-refractivity contribution < 1.29 is 14.5 Å². The van der Waals surface area contributed by atoms with Crippen LogP contribution < -0.4 is 10.1 Å². The van der Waals surface area contributed by atoms with Crippen molar-refractivity contribution in [2.24, 2.45) is 0 Å². The molecule has 0 saturated heterocycles. The molecule has 0 atom stereocenters. The number of non-ortho nitro benzene ring substituents is 1. The third-order valence-electron chi connectivity index (χ3n) is 4.14. The molecule has 0 aliphatic heterocycles. The summed E-state index contributed by atoms with van der Waals surface area (Å²) in [7, 11) is 0. The minimum atomic E-state index is -0.484. The van der Waals surface area contributed by atoms with E-state index in [0.717, 1.165) is 29.8 Å². The Balaban J connectivity index is 1.42. The zero-order valence-electron chi connectivity index (χ0n) is 14.9. The first-order valence-corrected chi connectivity index (χ1v) is 8.60. The Kier molecular flexibility index (Phi) is 5.65. The maximum atomic E-state index is 11.9. The Morgan fingerprint density at radius 1 is 1.22 bits per heavy atom. The normalized spacial score (nSPS) is 10.7. The second-order valence-electron chi connectivity index (χ2n) is 6.04. The molecule has 140 valence electrons. The number of rotatable bonds is 8. The topological polar surface area (TPSA) is 99.3 Å². The lowest BCUT2D eigenvalue weighted by atomic mass is 10.3. The second-order valence-corrected chi connectivity index (χ2v) is 6.04. The molecule has 0 radical (unpaired) electrons. The van der Waals surface area contributed by atoms with Crippen LogP contribution in [0.1, 0.15) is 12.2 Å². The van der Waals surface area contributed by atoms with Gasteiger partial charge in [0.25, 0.3) is 11.6 Å². The standard InChI is InChI=1S/C19H20N4O4/c1-14-21-17-5-2-3-6-18(17)22(14)12-4-11-20-19(24)13-27-16-9-7-15(8-10-16)23(25)26/h2-3,5-10H,4,11-13H2,1H3,(H,20,24). The van der Waals surface area contributed by atoms with Crippen molar-refractivity contribution in [1.82, 2.24) is 14.9 Å². The van der Waals surface area contributed by atoms with E-state index in [1.165, 1.54) is 24.3 Å². The summed E-state index contributed by atoms with van der Waals surface area (Å²) in [5.41, 5.74) is 2.03. The molecule has 3 rings (SSSR count). The molecule has 0 spiro atoms. The van der Waals surface area contributed by atoms with Crippen molar-refractivity contribution in [3.8, 4) is 5.75 Å². The van der Waals surface area contributed by atoms with Crippen molar-refractivity contribution in [3.05, 3.63) is 64.5 Å². The molecule has 1 N–H and O–H groups in total. The third kappa shape index (κ3) is 4.60. The highest BCUT2D eigenvalue weighted by Crippen LogP contribution is 2.17. The minimum absolute atomic E-state index is 0.0193. The van der Waals surface area contributed by atoms with Gasteiger partial charge in [-0.05, 0) is 37.6 Å². The van der Waals surface area contributed by atoms with Crippen molar-refractivity contribution in [2.75, 3.05) is 13.2 Å². The highest BCUT2D eigenvalue weighted by atomic mass is 16.6. The van der Waals surface area contributed by atoms with Crippen LogP contribution in [0.5, 0.6) is 5.75 Å². The number of nitrogens with one attached hydrogen (secondary N) is 1. The van der Waals surface area contributed by atoms with Crippen LogP contribution in [0.15, 0.2) is 48.5 Å². The van der Waals surface area contributed by atoms with Crippen molar-refractivity contribution in [1.29, 1.82) is 0 Å². The van der Waals surface area contributed by atoms with E-state index >= 15 is 0 Å². The van der Waals surface area contributed by atoms with Gasteiger partial charge in [-0.1, -0.05) is 12.1 Å². The molecule has 2 aromatic carbocycles. The van der Waals surface area contributed by atoms with Crippen LogP contribution in [-0.4, -0.2) is 33.5 Å². The summed E-state index contributed by atoms with van der Waals surface area (Å²) >= 11 is 0. The first-order valence-electron chi connectivity index (χ1n) is 8.60. The highest BCUT2D eigenvalue weighted by Gasteiger charge is 2.08. The number of benzene rings is 2. The van der Waals surface area contributed by atoms with Gasteiger partial charge in [0, 0.05) is 25.2 Å². The summed E-state index contributed by atoms with van der Waals surface area (Å²) in [6.07, 6.45) is 0.768. The van der Waals surface area contributed by atoms with Crippen LogP contribution in [0.4, 0.5) is 5.69 Å². The van der Waals surface area contributed by atoms with Crippen molar-refractivity contribution in [2.45, 2.75) is 19.9 Å². The Morgan fingerprint density at radius 3 is 2.70 bits per heavy atom. The molecule has 8 nitrogen and oxygen atoms in total. The number of carbonyl (C=O) groups excluding carboxylic acids is 1. The van der Waals surface area contributed by atoms with Crippen molar-refractivity contribution >= 4 is 22.6 Å². The van der Waals surface area contributed by atoms with Gasteiger partial charge < -0.3 is 14.6 Å². The van der Waals surface area contributed by atoms with Crippen LogP contribution >= 0.6 is 0 Å². The second kappa shape index (κ2) is 8.31. The molecular weight excluding hydrogens is 348 g/mol. The fraction of sp³-hybridized carbons (Fsp3) is 0.263. The summed E-state index contributed by atoms with van der Waals surface area (Å²) < 4.78 is 7.47. The number of imidazole rings is 1. The molecule has 1 amide bonds. The predicted molar refractivity (Wildman–Crippen MR) is 101 cm³/mol. The quantitative estimate of drug-likeness (QED) is 0.374. The zero-order valence-corrected chi connectivity index (χ0v) is 14.9. The highest BCUT2D eigenvalue weighted by molar-refractivity contribution is 5.77. The smallest absolute Gasteiger partial charge is 0.269 e. The monoisotopic (exact) mass is 368 g/mol. The molecular formula is C19H20N4O4. The largest absolute Gasteiger partial charge is 0.484 e. The zero-order chi connectivity index (χ0) is 19.2. The maximum absolute atomic E-state index is 11.9. The van der Waals surface area contributed by atoms with E-state index in [1.807, 2.05) is 31.2 Å². The number of hydrogen-bond acceptors (Lipinski definition) is 5. The number of ether oxygens (including phenoxy) is 1. The average molecular weight is 368 g/mol. The number of carbonyl (C=O) groups is 1. The molecule has 0 bridgehead atoms. The fourth-order valence-electron chi connectivity index (χ4n) is 2.81. The van der Waals surface area contributed by atoms with Gasteiger partial charge in [-0.3, -0.25) is 14.9 Å². The molecule has 0 saturated carbocycles. The maximum Gasteiger partial charge on any atom is 0.269 e. The minimum Gasteiger partial charge on any atom is -0.484 e.